The van der Waals surface area contributed by atoms with E-state index in [9.17, 15) is 8.78 Å². The molecule has 2 saturated carbocycles. The van der Waals surface area contributed by atoms with Gasteiger partial charge >= 0.3 is 6.11 Å². The normalized spacial score (nSPS) is 23.2. The highest BCUT2D eigenvalue weighted by Gasteiger charge is 2.45. The molecule has 0 amide bonds. The lowest BCUT2D eigenvalue weighted by molar-refractivity contribution is -0.300. The fraction of sp³-hybridized carbons (Fsp3) is 0.500. The molecule has 0 saturated heterocycles. The average molecular weight is 585 g/mol. The van der Waals surface area contributed by atoms with Gasteiger partial charge in [0.2, 0.25) is 0 Å². The maximum atomic E-state index is 15.2. The lowest BCUT2D eigenvalue weighted by atomic mass is 9.77. The van der Waals surface area contributed by atoms with E-state index in [0.29, 0.717) is 49.7 Å². The van der Waals surface area contributed by atoms with Crippen molar-refractivity contribution in [3.8, 4) is 11.1 Å². The van der Waals surface area contributed by atoms with Gasteiger partial charge in [-0.3, -0.25) is 0 Å². The summed E-state index contributed by atoms with van der Waals surface area (Å²) in [4.78, 5) is 0. The standard InChI is InChI=1S/C36H41F5O/c1-2-3-4-5-24-6-8-25(9-7-24)28-14-20-32(34(38)22-28)27-10-16-30(17-11-27)36(40,41)42-31-18-12-26(13-19-31)29-15-21-33(37)35(39)23-29/h6-9,14-15,20-23,26-27,30-31H,2-5,10-13,16-19H2,1H3. The van der Waals surface area contributed by atoms with Crippen LogP contribution in [0.3, 0.4) is 0 Å². The molecule has 0 unspecified atom stereocenters. The Kier molecular flexibility index (Phi) is 10.0. The second-order valence-electron chi connectivity index (χ2n) is 12.3. The van der Waals surface area contributed by atoms with Gasteiger partial charge in [0, 0.05) is 0 Å². The monoisotopic (exact) mass is 584 g/mol. The summed E-state index contributed by atoms with van der Waals surface area (Å²) in [6.45, 7) is 2.19. The first-order valence-electron chi connectivity index (χ1n) is 15.6. The van der Waals surface area contributed by atoms with Crippen molar-refractivity contribution in [1.29, 1.82) is 0 Å². The summed E-state index contributed by atoms with van der Waals surface area (Å²) in [5.41, 5.74) is 4.39. The fourth-order valence-electron chi connectivity index (χ4n) is 6.82. The number of alkyl halides is 2. The van der Waals surface area contributed by atoms with Gasteiger partial charge in [-0.15, -0.1) is 0 Å². The van der Waals surface area contributed by atoms with Gasteiger partial charge in [0.25, 0.3) is 0 Å². The van der Waals surface area contributed by atoms with Crippen LogP contribution in [0.25, 0.3) is 11.1 Å². The first kappa shape index (κ1) is 30.7. The molecule has 6 heteroatoms. The molecule has 0 N–H and O–H groups in total. The molecule has 0 aromatic heterocycles. The highest BCUT2D eigenvalue weighted by atomic mass is 19.3. The SMILES string of the molecule is CCCCCc1ccc(-c2ccc(C3CCC(C(F)(F)OC4CCC(c5ccc(F)c(F)c5)CC4)CC3)c(F)c2)cc1. The molecule has 0 aliphatic heterocycles. The Morgan fingerprint density at radius 1 is 0.667 bits per heavy atom. The van der Waals surface area contributed by atoms with Gasteiger partial charge in [-0.25, -0.2) is 13.2 Å². The molecule has 226 valence electrons. The number of ether oxygens (including phenoxy) is 1. The van der Waals surface area contributed by atoms with Crippen LogP contribution in [0.5, 0.6) is 0 Å². The topological polar surface area (TPSA) is 9.23 Å². The Labute approximate surface area is 246 Å². The fourth-order valence-corrected chi connectivity index (χ4v) is 6.82. The third-order valence-electron chi connectivity index (χ3n) is 9.41. The van der Waals surface area contributed by atoms with E-state index >= 15 is 13.2 Å². The molecule has 0 spiro atoms. The summed E-state index contributed by atoms with van der Waals surface area (Å²) >= 11 is 0. The first-order valence-corrected chi connectivity index (χ1v) is 15.6. The molecule has 1 nitrogen and oxygen atoms in total. The van der Waals surface area contributed by atoms with E-state index in [1.165, 1.54) is 30.9 Å². The lowest BCUT2D eigenvalue weighted by Crippen LogP contribution is -2.38. The van der Waals surface area contributed by atoms with Crippen molar-refractivity contribution in [3.05, 3.63) is 94.8 Å². The van der Waals surface area contributed by atoms with Crippen LogP contribution in [0, 0.1) is 23.4 Å². The molecular weight excluding hydrogens is 543 g/mol. The lowest BCUT2D eigenvalue weighted by Gasteiger charge is -2.37. The molecule has 3 aromatic rings. The molecule has 42 heavy (non-hydrogen) atoms. The highest BCUT2D eigenvalue weighted by Crippen LogP contribution is 2.45. The molecule has 2 aliphatic carbocycles. The zero-order valence-corrected chi connectivity index (χ0v) is 24.4. The average Bonchev–Trinajstić information content (AvgIpc) is 2.99. The molecule has 2 fully saturated rings. The molecule has 3 aromatic carbocycles. The van der Waals surface area contributed by atoms with Gasteiger partial charge in [0.15, 0.2) is 11.6 Å². The van der Waals surface area contributed by atoms with E-state index in [1.54, 1.807) is 12.1 Å². The molecule has 0 atom stereocenters. The smallest absolute Gasteiger partial charge is 0.317 e. The van der Waals surface area contributed by atoms with Crippen LogP contribution in [0.4, 0.5) is 22.0 Å². The van der Waals surface area contributed by atoms with Gasteiger partial charge in [-0.1, -0.05) is 62.2 Å². The molecular formula is C36H41F5O. The predicted octanol–water partition coefficient (Wildman–Crippen LogP) is 11.1. The second-order valence-corrected chi connectivity index (χ2v) is 12.3. The van der Waals surface area contributed by atoms with E-state index in [0.717, 1.165) is 23.6 Å². The number of unbranched alkanes of at least 4 members (excludes halogenated alkanes) is 2. The summed E-state index contributed by atoms with van der Waals surface area (Å²) in [5.74, 6) is -3.01. The Bertz CT molecular complexity index is 1300. The van der Waals surface area contributed by atoms with Crippen molar-refractivity contribution in [1.82, 2.24) is 0 Å². The van der Waals surface area contributed by atoms with E-state index in [4.69, 9.17) is 4.74 Å². The minimum atomic E-state index is -3.24. The second kappa shape index (κ2) is 13.7. The van der Waals surface area contributed by atoms with Crippen molar-refractivity contribution >= 4 is 0 Å². The molecule has 0 heterocycles. The first-order chi connectivity index (χ1) is 20.2. The minimum Gasteiger partial charge on any atom is -0.317 e. The van der Waals surface area contributed by atoms with Crippen molar-refractivity contribution < 1.29 is 26.7 Å². The van der Waals surface area contributed by atoms with Crippen molar-refractivity contribution in [2.75, 3.05) is 0 Å². The number of hydrogen-bond acceptors (Lipinski definition) is 1. The summed E-state index contributed by atoms with van der Waals surface area (Å²) < 4.78 is 77.9. The van der Waals surface area contributed by atoms with Gasteiger partial charge in [0.05, 0.1) is 12.0 Å². The third kappa shape index (κ3) is 7.42. The van der Waals surface area contributed by atoms with Gasteiger partial charge in [-0.05, 0) is 122 Å². The summed E-state index contributed by atoms with van der Waals surface area (Å²) in [6.07, 6.45) is 4.47. The van der Waals surface area contributed by atoms with Crippen molar-refractivity contribution in [2.45, 2.75) is 108 Å². The van der Waals surface area contributed by atoms with Crippen LogP contribution in [0.15, 0.2) is 60.7 Å². The van der Waals surface area contributed by atoms with Gasteiger partial charge in [0.1, 0.15) is 5.82 Å². The van der Waals surface area contributed by atoms with Gasteiger partial charge < -0.3 is 4.74 Å². The quantitative estimate of drug-likeness (QED) is 0.170. The maximum Gasteiger partial charge on any atom is 0.358 e. The van der Waals surface area contributed by atoms with Crippen molar-refractivity contribution in [2.24, 2.45) is 5.92 Å². The van der Waals surface area contributed by atoms with Crippen molar-refractivity contribution in [3.63, 3.8) is 0 Å². The Morgan fingerprint density at radius 3 is 1.98 bits per heavy atom. The van der Waals surface area contributed by atoms with Crippen LogP contribution in [0.1, 0.15) is 106 Å². The van der Waals surface area contributed by atoms with Crippen LogP contribution in [0.2, 0.25) is 0 Å². The van der Waals surface area contributed by atoms with Crippen LogP contribution < -0.4 is 0 Å². The Hall–Kier alpha value is -2.73. The largest absolute Gasteiger partial charge is 0.358 e. The Balaban J connectivity index is 1.11. The summed E-state index contributed by atoms with van der Waals surface area (Å²) in [5, 5.41) is 0. The minimum absolute atomic E-state index is 0.0141. The molecule has 2 aliphatic rings. The highest BCUT2D eigenvalue weighted by molar-refractivity contribution is 5.64. The van der Waals surface area contributed by atoms with Crippen LogP contribution in [-0.4, -0.2) is 12.2 Å². The van der Waals surface area contributed by atoms with Crippen LogP contribution in [-0.2, 0) is 11.2 Å². The zero-order valence-electron chi connectivity index (χ0n) is 24.4. The summed E-state index contributed by atoms with van der Waals surface area (Å²) in [6, 6.07) is 17.5. The van der Waals surface area contributed by atoms with E-state index in [2.05, 4.69) is 19.1 Å². The van der Waals surface area contributed by atoms with Gasteiger partial charge in [-0.2, -0.15) is 8.78 Å². The van der Waals surface area contributed by atoms with E-state index in [-0.39, 0.29) is 30.5 Å². The molecule has 5 rings (SSSR count). The van der Waals surface area contributed by atoms with E-state index < -0.39 is 29.8 Å². The molecule has 0 radical (unpaired) electrons. The Morgan fingerprint density at radius 2 is 1.33 bits per heavy atom. The zero-order chi connectivity index (χ0) is 29.7. The van der Waals surface area contributed by atoms with Crippen LogP contribution >= 0.6 is 0 Å². The number of halogens is 5. The third-order valence-corrected chi connectivity index (χ3v) is 9.41. The predicted molar refractivity (Wildman–Crippen MR) is 157 cm³/mol. The summed E-state index contributed by atoms with van der Waals surface area (Å²) in [7, 11) is 0. The molecule has 0 bridgehead atoms. The maximum absolute atomic E-state index is 15.2. The van der Waals surface area contributed by atoms with E-state index in [1.807, 2.05) is 24.3 Å². The number of rotatable bonds is 10. The number of benzene rings is 3. The number of hydrogen-bond donors (Lipinski definition) is 0. The number of aryl methyl sites for hydroxylation is 1.